The van der Waals surface area contributed by atoms with Crippen molar-refractivity contribution in [1.29, 1.82) is 0 Å². The molecule has 2 amide bonds. The summed E-state index contributed by atoms with van der Waals surface area (Å²) in [7, 11) is 3.27. The van der Waals surface area contributed by atoms with E-state index in [1.807, 2.05) is 73.7 Å². The van der Waals surface area contributed by atoms with Crippen molar-refractivity contribution in [3.05, 3.63) is 95.2 Å². The van der Waals surface area contributed by atoms with E-state index >= 15 is 0 Å². The number of aromatic nitrogens is 1. The van der Waals surface area contributed by atoms with Crippen LogP contribution in [-0.4, -0.2) is 53.9 Å². The summed E-state index contributed by atoms with van der Waals surface area (Å²) >= 11 is 0. The fourth-order valence-electron chi connectivity index (χ4n) is 5.89. The zero-order valence-electron chi connectivity index (χ0n) is 21.2. The molecule has 2 atom stereocenters. The van der Waals surface area contributed by atoms with Gasteiger partial charge in [0.15, 0.2) is 5.54 Å². The average molecular weight is 496 g/mol. The third-order valence-corrected chi connectivity index (χ3v) is 7.87. The first kappa shape index (κ1) is 23.2. The lowest BCUT2D eigenvalue weighted by atomic mass is 9.76. The summed E-state index contributed by atoms with van der Waals surface area (Å²) in [6, 6.07) is 23.7. The second kappa shape index (κ2) is 8.69. The molecule has 0 spiro atoms. The number of carbonyl (C=O) groups excluding carboxylic acids is 2. The van der Waals surface area contributed by atoms with Crippen molar-refractivity contribution in [3.8, 4) is 11.5 Å². The highest BCUT2D eigenvalue weighted by Crippen LogP contribution is 2.48. The molecule has 37 heavy (non-hydrogen) atoms. The maximum absolute atomic E-state index is 14.2. The highest BCUT2D eigenvalue weighted by atomic mass is 16.5. The van der Waals surface area contributed by atoms with E-state index in [-0.39, 0.29) is 24.3 Å². The highest BCUT2D eigenvalue weighted by molar-refractivity contribution is 6.01. The minimum absolute atomic E-state index is 0.0470. The third-order valence-electron chi connectivity index (χ3n) is 7.87. The van der Waals surface area contributed by atoms with Gasteiger partial charge in [-0.1, -0.05) is 42.5 Å². The first-order valence-electron chi connectivity index (χ1n) is 12.4. The van der Waals surface area contributed by atoms with Crippen LogP contribution in [0.1, 0.15) is 35.2 Å². The average Bonchev–Trinajstić information content (AvgIpc) is 3.33. The summed E-state index contributed by atoms with van der Waals surface area (Å²) in [5.74, 6) is 1.32. The van der Waals surface area contributed by atoms with Gasteiger partial charge in [-0.2, -0.15) is 0 Å². The number of para-hydroxylation sites is 1. The number of H-pyrrole nitrogens is 1. The van der Waals surface area contributed by atoms with Gasteiger partial charge in [0.1, 0.15) is 18.0 Å². The molecule has 0 radical (unpaired) electrons. The molecular formula is C30H29N3O4. The number of nitrogens with one attached hydrogen (secondary N) is 1. The topological polar surface area (TPSA) is 74.9 Å². The molecule has 2 aliphatic rings. The molecule has 7 nitrogen and oxygen atoms in total. The number of benzene rings is 3. The molecule has 3 heterocycles. The van der Waals surface area contributed by atoms with Gasteiger partial charge >= 0.3 is 0 Å². The zero-order chi connectivity index (χ0) is 25.7. The lowest BCUT2D eigenvalue weighted by molar-refractivity contribution is -0.166. The number of amides is 2. The van der Waals surface area contributed by atoms with E-state index in [1.54, 1.807) is 24.0 Å². The molecular weight excluding hydrogens is 466 g/mol. The molecule has 0 bridgehead atoms. The Morgan fingerprint density at radius 2 is 1.57 bits per heavy atom. The van der Waals surface area contributed by atoms with Crippen LogP contribution in [0.25, 0.3) is 10.9 Å². The Labute approximate surface area is 215 Å². The smallest absolute Gasteiger partial charge is 0.255 e. The van der Waals surface area contributed by atoms with Crippen LogP contribution in [0.5, 0.6) is 11.5 Å². The summed E-state index contributed by atoms with van der Waals surface area (Å²) in [6.07, 6.45) is 0. The number of fused-ring (bicyclic) bond motifs is 5. The molecule has 7 heteroatoms. The predicted molar refractivity (Wildman–Crippen MR) is 141 cm³/mol. The number of carbonyl (C=O) groups is 2. The Morgan fingerprint density at radius 3 is 2.24 bits per heavy atom. The first-order chi connectivity index (χ1) is 17.9. The number of nitrogens with zero attached hydrogens (tertiary/aromatic N) is 2. The maximum Gasteiger partial charge on any atom is 0.255 e. The van der Waals surface area contributed by atoms with Gasteiger partial charge in [-0.3, -0.25) is 9.59 Å². The quantitative estimate of drug-likeness (QED) is 0.445. The first-order valence-corrected chi connectivity index (χ1v) is 12.4. The second-order valence-corrected chi connectivity index (χ2v) is 9.87. The molecule has 2 aliphatic heterocycles. The number of hydrogen-bond acceptors (Lipinski definition) is 4. The molecule has 0 aliphatic carbocycles. The predicted octanol–water partition coefficient (Wildman–Crippen LogP) is 4.42. The van der Waals surface area contributed by atoms with Crippen LogP contribution in [-0.2, 0) is 21.7 Å². The molecule has 188 valence electrons. The Hall–Kier alpha value is -4.26. The van der Waals surface area contributed by atoms with Gasteiger partial charge in [-0.15, -0.1) is 0 Å². The fourth-order valence-corrected chi connectivity index (χ4v) is 5.89. The lowest BCUT2D eigenvalue weighted by Gasteiger charge is -2.51. The Bertz CT molecular complexity index is 1490. The van der Waals surface area contributed by atoms with Crippen LogP contribution in [0, 0.1) is 0 Å². The van der Waals surface area contributed by atoms with Crippen LogP contribution in [0.15, 0.2) is 72.8 Å². The van der Waals surface area contributed by atoms with E-state index in [0.717, 1.165) is 44.8 Å². The number of ether oxygens (including phenoxy) is 2. The van der Waals surface area contributed by atoms with Crippen LogP contribution >= 0.6 is 0 Å². The summed E-state index contributed by atoms with van der Waals surface area (Å²) < 4.78 is 10.6. The summed E-state index contributed by atoms with van der Waals surface area (Å²) in [6.45, 7) is 2.71. The van der Waals surface area contributed by atoms with Gasteiger partial charge < -0.3 is 24.3 Å². The molecule has 1 fully saturated rings. The van der Waals surface area contributed by atoms with Crippen molar-refractivity contribution in [1.82, 2.24) is 14.8 Å². The normalized spacial score (nSPS) is 21.1. The van der Waals surface area contributed by atoms with Crippen molar-refractivity contribution in [2.24, 2.45) is 0 Å². The molecule has 3 aromatic carbocycles. The Kier molecular flexibility index (Phi) is 5.44. The maximum atomic E-state index is 14.2. The standard InChI is InChI=1S/C30H29N3O4/c1-30-28-27(23-6-4-5-7-25(23)31-28)24(20-10-14-22(37-3)15-11-20)17-33(30)26(34)18-32(29(30)35)16-19-8-12-21(36-2)13-9-19/h4-15,24,31H,16-18H2,1-3H3/t24-,30-/m0/s1. The third kappa shape index (κ3) is 3.56. The fraction of sp³-hybridized carbons (Fsp3) is 0.267. The second-order valence-electron chi connectivity index (χ2n) is 9.87. The van der Waals surface area contributed by atoms with Crippen molar-refractivity contribution in [2.75, 3.05) is 27.3 Å². The SMILES string of the molecule is COc1ccc(CN2CC(=O)N3C[C@@H](c4ccc(OC)cc4)c4c([nH]c5ccccc45)[C@@]3(C)C2=O)cc1. The van der Waals surface area contributed by atoms with Crippen LogP contribution < -0.4 is 9.47 Å². The molecule has 6 rings (SSSR count). The van der Waals surface area contributed by atoms with Gasteiger partial charge in [0, 0.05) is 29.9 Å². The molecule has 1 N–H and O–H groups in total. The van der Waals surface area contributed by atoms with Gasteiger partial charge in [-0.05, 0) is 53.9 Å². The lowest BCUT2D eigenvalue weighted by Crippen LogP contribution is -2.67. The largest absolute Gasteiger partial charge is 0.497 e. The van der Waals surface area contributed by atoms with E-state index in [4.69, 9.17) is 9.47 Å². The number of hydrogen-bond donors (Lipinski definition) is 1. The van der Waals surface area contributed by atoms with E-state index in [0.29, 0.717) is 13.1 Å². The molecule has 0 saturated carbocycles. The highest BCUT2D eigenvalue weighted by Gasteiger charge is 2.56. The van der Waals surface area contributed by atoms with Crippen molar-refractivity contribution >= 4 is 22.7 Å². The molecule has 0 unspecified atom stereocenters. The van der Waals surface area contributed by atoms with Crippen molar-refractivity contribution in [2.45, 2.75) is 24.9 Å². The van der Waals surface area contributed by atoms with Crippen LogP contribution in [0.3, 0.4) is 0 Å². The Balaban J connectivity index is 1.45. The van der Waals surface area contributed by atoms with Crippen molar-refractivity contribution < 1.29 is 19.1 Å². The van der Waals surface area contributed by atoms with Gasteiger partial charge in [0.05, 0.1) is 19.9 Å². The van der Waals surface area contributed by atoms with E-state index < -0.39 is 5.54 Å². The minimum Gasteiger partial charge on any atom is -0.497 e. The van der Waals surface area contributed by atoms with Crippen molar-refractivity contribution in [3.63, 3.8) is 0 Å². The van der Waals surface area contributed by atoms with Gasteiger partial charge in [0.25, 0.3) is 5.91 Å². The number of aromatic amines is 1. The van der Waals surface area contributed by atoms with Gasteiger partial charge in [0.2, 0.25) is 5.91 Å². The van der Waals surface area contributed by atoms with E-state index in [1.165, 1.54) is 0 Å². The monoisotopic (exact) mass is 495 g/mol. The van der Waals surface area contributed by atoms with Gasteiger partial charge in [-0.25, -0.2) is 0 Å². The number of rotatable bonds is 5. The molecule has 1 aromatic heterocycles. The molecule has 4 aromatic rings. The number of piperazine rings is 1. The molecule has 1 saturated heterocycles. The van der Waals surface area contributed by atoms with Crippen LogP contribution in [0.2, 0.25) is 0 Å². The summed E-state index contributed by atoms with van der Waals surface area (Å²) in [4.78, 5) is 34.8. The van der Waals surface area contributed by atoms with Crippen LogP contribution in [0.4, 0.5) is 0 Å². The summed E-state index contributed by atoms with van der Waals surface area (Å²) in [5.41, 5.74) is 3.73. The van der Waals surface area contributed by atoms with E-state index in [2.05, 4.69) is 11.1 Å². The minimum atomic E-state index is -1.13. The Morgan fingerprint density at radius 1 is 0.919 bits per heavy atom. The summed E-state index contributed by atoms with van der Waals surface area (Å²) in [5, 5.41) is 1.08. The van der Waals surface area contributed by atoms with E-state index in [9.17, 15) is 9.59 Å². The number of methoxy groups -OCH3 is 2. The zero-order valence-corrected chi connectivity index (χ0v) is 21.2.